The van der Waals surface area contributed by atoms with Crippen LogP contribution >= 0.6 is 0 Å². The molecule has 3 aromatic rings. The Balaban J connectivity index is 2.29. The summed E-state index contributed by atoms with van der Waals surface area (Å²) in [6.07, 6.45) is -4.53. The molecular formula is C19H14F3NO3S. The molecule has 0 bridgehead atoms. The first-order valence-electron chi connectivity index (χ1n) is 7.83. The number of allylic oxidation sites excluding steroid dienone is 1. The van der Waals surface area contributed by atoms with Crippen LogP contribution in [0.4, 0.5) is 13.2 Å². The molecule has 1 heterocycles. The van der Waals surface area contributed by atoms with Crippen LogP contribution in [0.3, 0.4) is 0 Å². The van der Waals surface area contributed by atoms with Crippen molar-refractivity contribution in [1.82, 2.24) is 4.98 Å². The van der Waals surface area contributed by atoms with E-state index in [9.17, 15) is 26.4 Å². The number of ketones is 1. The van der Waals surface area contributed by atoms with E-state index >= 15 is 0 Å². The number of sulfone groups is 1. The number of H-pyrrole nitrogens is 1. The highest BCUT2D eigenvalue weighted by atomic mass is 32.2. The molecule has 2 aromatic carbocycles. The van der Waals surface area contributed by atoms with Crippen molar-refractivity contribution < 1.29 is 26.4 Å². The second-order valence-corrected chi connectivity index (χ2v) is 7.78. The monoisotopic (exact) mass is 393 g/mol. The Morgan fingerprint density at radius 2 is 1.59 bits per heavy atom. The summed E-state index contributed by atoms with van der Waals surface area (Å²) in [5, 5.41) is 0.519. The van der Waals surface area contributed by atoms with E-state index < -0.39 is 26.7 Å². The van der Waals surface area contributed by atoms with Crippen molar-refractivity contribution in [2.75, 3.05) is 0 Å². The minimum atomic E-state index is -5.33. The lowest BCUT2D eigenvalue weighted by molar-refractivity contribution is -0.165. The van der Waals surface area contributed by atoms with Gasteiger partial charge in [-0.2, -0.15) is 13.2 Å². The first kappa shape index (κ1) is 18.9. The summed E-state index contributed by atoms with van der Waals surface area (Å²) in [4.78, 5) is 13.3. The number of benzene rings is 2. The lowest BCUT2D eigenvalue weighted by Crippen LogP contribution is -2.28. The number of Topliss-reactive ketones (excluding diaryl/α,β-unsaturated/α-hetero) is 1. The number of hydrogen-bond donors (Lipinski definition) is 1. The van der Waals surface area contributed by atoms with Crippen LogP contribution in [-0.2, 0) is 14.6 Å². The van der Waals surface area contributed by atoms with Gasteiger partial charge in [0, 0.05) is 22.2 Å². The van der Waals surface area contributed by atoms with E-state index in [-0.39, 0.29) is 10.5 Å². The number of alkyl halides is 3. The fourth-order valence-corrected chi connectivity index (χ4v) is 4.15. The molecule has 0 unspecified atom stereocenters. The van der Waals surface area contributed by atoms with Crippen molar-refractivity contribution in [3.8, 4) is 0 Å². The number of nitrogens with one attached hydrogen (secondary N) is 1. The third kappa shape index (κ3) is 3.52. The van der Waals surface area contributed by atoms with Crippen LogP contribution < -0.4 is 0 Å². The third-order valence-corrected chi connectivity index (χ3v) is 5.82. The van der Waals surface area contributed by atoms with E-state index in [2.05, 4.69) is 4.98 Å². The van der Waals surface area contributed by atoms with Crippen molar-refractivity contribution in [1.29, 1.82) is 0 Å². The molecule has 1 N–H and O–H groups in total. The predicted molar refractivity (Wildman–Crippen MR) is 95.7 cm³/mol. The molecule has 0 aliphatic heterocycles. The number of aryl methyl sites for hydroxylation is 1. The highest BCUT2D eigenvalue weighted by molar-refractivity contribution is 7.96. The molecule has 0 fully saturated rings. The van der Waals surface area contributed by atoms with E-state index in [1.54, 1.807) is 31.2 Å². The number of aromatic nitrogens is 1. The summed E-state index contributed by atoms with van der Waals surface area (Å²) >= 11 is 0. The summed E-state index contributed by atoms with van der Waals surface area (Å²) in [5.74, 6) is -2.41. The highest BCUT2D eigenvalue weighted by Crippen LogP contribution is 2.32. The van der Waals surface area contributed by atoms with Crippen molar-refractivity contribution in [2.24, 2.45) is 0 Å². The molecule has 3 rings (SSSR count). The van der Waals surface area contributed by atoms with Crippen LogP contribution in [0.5, 0.6) is 0 Å². The van der Waals surface area contributed by atoms with Crippen LogP contribution in [0.2, 0.25) is 0 Å². The molecule has 27 heavy (non-hydrogen) atoms. The number of rotatable bonds is 4. The van der Waals surface area contributed by atoms with Gasteiger partial charge in [0.1, 0.15) is 4.91 Å². The Morgan fingerprint density at radius 3 is 2.22 bits per heavy atom. The maximum absolute atomic E-state index is 13.1. The quantitative estimate of drug-likeness (QED) is 0.667. The molecule has 0 amide bonds. The molecule has 0 spiro atoms. The van der Waals surface area contributed by atoms with E-state index in [1.165, 1.54) is 18.2 Å². The molecule has 0 radical (unpaired) electrons. The lowest BCUT2D eigenvalue weighted by Gasteiger charge is -2.11. The Labute approximate surface area is 153 Å². The average molecular weight is 393 g/mol. The molecule has 1 aromatic heterocycles. The maximum atomic E-state index is 13.1. The summed E-state index contributed by atoms with van der Waals surface area (Å²) in [5.41, 5.74) is 1.29. The number of para-hydroxylation sites is 1. The van der Waals surface area contributed by atoms with Crippen molar-refractivity contribution >= 4 is 32.6 Å². The Morgan fingerprint density at radius 1 is 1.00 bits per heavy atom. The van der Waals surface area contributed by atoms with Crippen LogP contribution in [0.15, 0.2) is 64.4 Å². The minimum Gasteiger partial charge on any atom is -0.358 e. The predicted octanol–water partition coefficient (Wildman–Crippen LogP) is 4.42. The van der Waals surface area contributed by atoms with Crippen LogP contribution in [0.1, 0.15) is 11.3 Å². The SMILES string of the molecule is Cc1[nH]c2ccccc2c1/C=C(/C(=O)C(F)(F)F)S(=O)(=O)c1ccccc1. The Hall–Kier alpha value is -2.87. The normalized spacial score (nSPS) is 13.1. The fraction of sp³-hybridized carbons (Fsp3) is 0.105. The van der Waals surface area contributed by atoms with Gasteiger partial charge in [0.25, 0.3) is 5.78 Å². The number of carbonyl (C=O) groups is 1. The molecule has 0 saturated carbocycles. The van der Waals surface area contributed by atoms with Gasteiger partial charge in [-0.15, -0.1) is 0 Å². The van der Waals surface area contributed by atoms with Gasteiger partial charge in [0.15, 0.2) is 0 Å². The van der Waals surface area contributed by atoms with E-state index in [4.69, 9.17) is 0 Å². The Bertz CT molecular complexity index is 1140. The zero-order valence-corrected chi connectivity index (χ0v) is 14.9. The highest BCUT2D eigenvalue weighted by Gasteiger charge is 2.45. The summed E-state index contributed by atoms with van der Waals surface area (Å²) in [7, 11) is -4.67. The second kappa shape index (κ2) is 6.70. The standard InChI is InChI=1S/C19H14F3NO3S/c1-12-15(14-9-5-6-10-16(14)23-12)11-17(18(24)19(20,21)22)27(25,26)13-7-3-2-4-8-13/h2-11,23H,1H3/b17-11-. The summed E-state index contributed by atoms with van der Waals surface area (Å²) in [6.45, 7) is 1.59. The number of halogens is 3. The molecule has 0 aliphatic carbocycles. The van der Waals surface area contributed by atoms with Crippen molar-refractivity contribution in [2.45, 2.75) is 18.0 Å². The molecule has 8 heteroatoms. The molecule has 0 atom stereocenters. The summed E-state index contributed by atoms with van der Waals surface area (Å²) < 4.78 is 65.0. The number of carbonyl (C=O) groups excluding carboxylic acids is 1. The number of hydrogen-bond acceptors (Lipinski definition) is 3. The van der Waals surface area contributed by atoms with Crippen LogP contribution in [-0.4, -0.2) is 25.4 Å². The number of aromatic amines is 1. The first-order valence-corrected chi connectivity index (χ1v) is 9.31. The van der Waals surface area contributed by atoms with E-state index in [0.717, 1.165) is 18.2 Å². The topological polar surface area (TPSA) is 67.0 Å². The van der Waals surface area contributed by atoms with Crippen molar-refractivity contribution in [3.05, 3.63) is 70.8 Å². The molecule has 4 nitrogen and oxygen atoms in total. The van der Waals surface area contributed by atoms with Crippen LogP contribution in [0, 0.1) is 6.92 Å². The van der Waals surface area contributed by atoms with Gasteiger partial charge in [-0.05, 0) is 31.2 Å². The minimum absolute atomic E-state index is 0.220. The van der Waals surface area contributed by atoms with E-state index in [0.29, 0.717) is 16.6 Å². The Kier molecular flexibility index (Phi) is 4.69. The maximum Gasteiger partial charge on any atom is 0.455 e. The second-order valence-electron chi connectivity index (χ2n) is 5.86. The van der Waals surface area contributed by atoms with Gasteiger partial charge in [0.05, 0.1) is 4.90 Å². The molecule has 140 valence electrons. The van der Waals surface area contributed by atoms with Crippen molar-refractivity contribution in [3.63, 3.8) is 0 Å². The zero-order valence-electron chi connectivity index (χ0n) is 14.0. The fourth-order valence-electron chi connectivity index (χ4n) is 2.75. The number of fused-ring (bicyclic) bond motifs is 1. The zero-order chi connectivity index (χ0) is 19.8. The van der Waals surface area contributed by atoms with Gasteiger partial charge in [-0.3, -0.25) is 4.79 Å². The largest absolute Gasteiger partial charge is 0.455 e. The lowest BCUT2D eigenvalue weighted by atomic mass is 10.1. The van der Waals surface area contributed by atoms with E-state index in [1.807, 2.05) is 0 Å². The van der Waals surface area contributed by atoms with Gasteiger partial charge in [0.2, 0.25) is 9.84 Å². The first-order chi connectivity index (χ1) is 12.6. The molecule has 0 aliphatic rings. The average Bonchev–Trinajstić information content (AvgIpc) is 2.94. The smallest absolute Gasteiger partial charge is 0.358 e. The van der Waals surface area contributed by atoms with Gasteiger partial charge < -0.3 is 4.98 Å². The molecule has 0 saturated heterocycles. The summed E-state index contributed by atoms with van der Waals surface area (Å²) in [6, 6.07) is 13.3. The van der Waals surface area contributed by atoms with Crippen LogP contribution in [0.25, 0.3) is 17.0 Å². The third-order valence-electron chi connectivity index (χ3n) is 4.04. The molecular weight excluding hydrogens is 379 g/mol. The van der Waals surface area contributed by atoms with Gasteiger partial charge in [-0.1, -0.05) is 36.4 Å². The van der Waals surface area contributed by atoms with Gasteiger partial charge in [-0.25, -0.2) is 8.42 Å². The van der Waals surface area contributed by atoms with Gasteiger partial charge >= 0.3 is 6.18 Å².